The zero-order chi connectivity index (χ0) is 11.5. The quantitative estimate of drug-likeness (QED) is 0.697. The van der Waals surface area contributed by atoms with E-state index < -0.39 is 0 Å². The van der Waals surface area contributed by atoms with Gasteiger partial charge in [-0.2, -0.15) is 0 Å². The molecule has 4 unspecified atom stereocenters. The molecule has 16 heavy (non-hydrogen) atoms. The maximum Gasteiger partial charge on any atom is 0.0108 e. The Labute approximate surface area is 101 Å². The predicted octanol–water partition coefficient (Wildman–Crippen LogP) is 2.49. The van der Waals surface area contributed by atoms with E-state index in [0.717, 1.165) is 23.9 Å². The van der Waals surface area contributed by atoms with Gasteiger partial charge in [0.05, 0.1) is 0 Å². The Hall–Kier alpha value is -0.0800. The zero-order valence-electron chi connectivity index (χ0n) is 11.2. The Morgan fingerprint density at radius 2 is 2.12 bits per heavy atom. The first kappa shape index (κ1) is 12.4. The molecule has 2 heteroatoms. The van der Waals surface area contributed by atoms with E-state index in [0.29, 0.717) is 0 Å². The highest BCUT2D eigenvalue weighted by molar-refractivity contribution is 4.95. The summed E-state index contributed by atoms with van der Waals surface area (Å²) in [6.07, 6.45) is 5.69. The molecule has 94 valence electrons. The Bertz CT molecular complexity index is 217. The van der Waals surface area contributed by atoms with E-state index in [1.54, 1.807) is 0 Å². The van der Waals surface area contributed by atoms with Crippen LogP contribution in [0.1, 0.15) is 46.5 Å². The second kappa shape index (κ2) is 5.50. The van der Waals surface area contributed by atoms with Crippen molar-refractivity contribution in [2.45, 2.75) is 58.5 Å². The Morgan fingerprint density at radius 1 is 1.31 bits per heavy atom. The molecule has 2 aliphatic rings. The van der Waals surface area contributed by atoms with E-state index in [1.807, 2.05) is 0 Å². The van der Waals surface area contributed by atoms with E-state index in [4.69, 9.17) is 0 Å². The summed E-state index contributed by atoms with van der Waals surface area (Å²) in [6.45, 7) is 10.8. The van der Waals surface area contributed by atoms with E-state index in [1.165, 1.54) is 45.3 Å². The van der Waals surface area contributed by atoms with Crippen LogP contribution < -0.4 is 5.32 Å². The van der Waals surface area contributed by atoms with Crippen LogP contribution in [0.15, 0.2) is 0 Å². The molecule has 2 nitrogen and oxygen atoms in total. The van der Waals surface area contributed by atoms with Crippen molar-refractivity contribution in [1.29, 1.82) is 0 Å². The molecule has 1 heterocycles. The second-order valence-corrected chi connectivity index (χ2v) is 5.95. The van der Waals surface area contributed by atoms with Crippen LogP contribution in [-0.4, -0.2) is 36.6 Å². The fourth-order valence-electron chi connectivity index (χ4n) is 3.47. The molecular weight excluding hydrogens is 196 g/mol. The number of fused-ring (bicyclic) bond motifs is 2. The third-order valence-corrected chi connectivity index (χ3v) is 4.69. The average Bonchev–Trinajstić information content (AvgIpc) is 2.90. The Balaban J connectivity index is 1.76. The minimum Gasteiger partial charge on any atom is -0.316 e. The Kier molecular flexibility index (Phi) is 4.26. The molecule has 0 aromatic rings. The smallest absolute Gasteiger partial charge is 0.0108 e. The fourth-order valence-corrected chi connectivity index (χ4v) is 3.47. The number of hydrogen-bond acceptors (Lipinski definition) is 2. The number of rotatable bonds is 6. The lowest BCUT2D eigenvalue weighted by Crippen LogP contribution is -2.45. The van der Waals surface area contributed by atoms with E-state index in [-0.39, 0.29) is 0 Å². The SMILES string of the molecule is CCCNCC(C)C(C)N1CC2CCC1C2. The number of nitrogens with zero attached hydrogens (tertiary/aromatic N) is 1. The van der Waals surface area contributed by atoms with Gasteiger partial charge in [0, 0.05) is 18.6 Å². The first-order valence-electron chi connectivity index (χ1n) is 7.18. The second-order valence-electron chi connectivity index (χ2n) is 5.95. The van der Waals surface area contributed by atoms with Gasteiger partial charge in [0.15, 0.2) is 0 Å². The molecule has 0 spiro atoms. The van der Waals surface area contributed by atoms with Gasteiger partial charge in [-0.25, -0.2) is 0 Å². The largest absolute Gasteiger partial charge is 0.316 e. The molecule has 0 aromatic carbocycles. The molecule has 0 radical (unpaired) electrons. The molecule has 1 aliphatic heterocycles. The number of hydrogen-bond donors (Lipinski definition) is 1. The van der Waals surface area contributed by atoms with Crippen LogP contribution in [0.3, 0.4) is 0 Å². The van der Waals surface area contributed by atoms with Crippen molar-refractivity contribution in [2.24, 2.45) is 11.8 Å². The van der Waals surface area contributed by atoms with Crippen molar-refractivity contribution < 1.29 is 0 Å². The van der Waals surface area contributed by atoms with Crippen molar-refractivity contribution in [1.82, 2.24) is 10.2 Å². The molecule has 1 N–H and O–H groups in total. The van der Waals surface area contributed by atoms with Crippen molar-refractivity contribution in [3.05, 3.63) is 0 Å². The maximum atomic E-state index is 3.56. The third kappa shape index (κ3) is 2.60. The summed E-state index contributed by atoms with van der Waals surface area (Å²) in [5.74, 6) is 1.81. The molecule has 2 fully saturated rings. The van der Waals surface area contributed by atoms with Crippen molar-refractivity contribution in [3.63, 3.8) is 0 Å². The highest BCUT2D eigenvalue weighted by Gasteiger charge is 2.40. The van der Waals surface area contributed by atoms with Gasteiger partial charge in [-0.3, -0.25) is 4.90 Å². The van der Waals surface area contributed by atoms with Gasteiger partial charge >= 0.3 is 0 Å². The van der Waals surface area contributed by atoms with Gasteiger partial charge in [0.1, 0.15) is 0 Å². The van der Waals surface area contributed by atoms with E-state index in [2.05, 4.69) is 31.0 Å². The molecule has 1 aliphatic carbocycles. The van der Waals surface area contributed by atoms with Crippen LogP contribution in [0.4, 0.5) is 0 Å². The standard InChI is InChI=1S/C14H28N2/c1-4-7-15-9-11(2)12(3)16-10-13-5-6-14(16)8-13/h11-15H,4-10H2,1-3H3. The fraction of sp³-hybridized carbons (Fsp3) is 1.00. The first-order chi connectivity index (χ1) is 7.72. The number of piperidine rings is 1. The van der Waals surface area contributed by atoms with Crippen LogP contribution in [0.5, 0.6) is 0 Å². The van der Waals surface area contributed by atoms with Crippen LogP contribution in [0.2, 0.25) is 0 Å². The summed E-state index contributed by atoms with van der Waals surface area (Å²) in [6, 6.07) is 1.69. The van der Waals surface area contributed by atoms with E-state index in [9.17, 15) is 0 Å². The van der Waals surface area contributed by atoms with Gasteiger partial charge in [0.2, 0.25) is 0 Å². The molecule has 1 saturated carbocycles. The van der Waals surface area contributed by atoms with Crippen LogP contribution in [0, 0.1) is 11.8 Å². The summed E-state index contributed by atoms with van der Waals surface area (Å²) >= 11 is 0. The Morgan fingerprint density at radius 3 is 2.69 bits per heavy atom. The van der Waals surface area contributed by atoms with Crippen LogP contribution in [-0.2, 0) is 0 Å². The molecule has 0 aromatic heterocycles. The van der Waals surface area contributed by atoms with Gasteiger partial charge in [-0.05, 0) is 57.5 Å². The minimum absolute atomic E-state index is 0.764. The van der Waals surface area contributed by atoms with Gasteiger partial charge in [0.25, 0.3) is 0 Å². The van der Waals surface area contributed by atoms with Crippen molar-refractivity contribution in [3.8, 4) is 0 Å². The molecular formula is C14H28N2. The molecule has 4 atom stereocenters. The average molecular weight is 224 g/mol. The number of likely N-dealkylation sites (tertiary alicyclic amines) is 1. The van der Waals surface area contributed by atoms with Gasteiger partial charge in [-0.15, -0.1) is 0 Å². The lowest BCUT2D eigenvalue weighted by Gasteiger charge is -2.36. The lowest BCUT2D eigenvalue weighted by atomic mass is 9.99. The first-order valence-corrected chi connectivity index (χ1v) is 7.18. The molecule has 2 bridgehead atoms. The van der Waals surface area contributed by atoms with Crippen LogP contribution >= 0.6 is 0 Å². The molecule has 0 amide bonds. The lowest BCUT2D eigenvalue weighted by molar-refractivity contribution is 0.121. The topological polar surface area (TPSA) is 15.3 Å². The summed E-state index contributed by atoms with van der Waals surface area (Å²) in [4.78, 5) is 2.78. The van der Waals surface area contributed by atoms with Gasteiger partial charge in [-0.1, -0.05) is 13.8 Å². The summed E-state index contributed by atoms with van der Waals surface area (Å²) in [5, 5.41) is 3.56. The third-order valence-electron chi connectivity index (χ3n) is 4.69. The monoisotopic (exact) mass is 224 g/mol. The van der Waals surface area contributed by atoms with Crippen molar-refractivity contribution >= 4 is 0 Å². The normalized spacial score (nSPS) is 33.2. The van der Waals surface area contributed by atoms with Crippen molar-refractivity contribution in [2.75, 3.05) is 19.6 Å². The predicted molar refractivity (Wildman–Crippen MR) is 69.6 cm³/mol. The number of nitrogens with one attached hydrogen (secondary N) is 1. The summed E-state index contributed by atoms with van der Waals surface area (Å²) in [5.41, 5.74) is 0. The van der Waals surface area contributed by atoms with Crippen LogP contribution in [0.25, 0.3) is 0 Å². The highest BCUT2D eigenvalue weighted by Crippen LogP contribution is 2.39. The van der Waals surface area contributed by atoms with E-state index >= 15 is 0 Å². The highest BCUT2D eigenvalue weighted by atomic mass is 15.2. The summed E-state index contributed by atoms with van der Waals surface area (Å²) < 4.78 is 0. The minimum atomic E-state index is 0.764. The molecule has 2 rings (SSSR count). The van der Waals surface area contributed by atoms with Gasteiger partial charge < -0.3 is 5.32 Å². The maximum absolute atomic E-state index is 3.56. The summed E-state index contributed by atoms with van der Waals surface area (Å²) in [7, 11) is 0. The zero-order valence-corrected chi connectivity index (χ0v) is 11.2. The molecule has 1 saturated heterocycles.